The van der Waals surface area contributed by atoms with Crippen LogP contribution in [0.4, 0.5) is 5.69 Å². The van der Waals surface area contributed by atoms with Crippen LogP contribution in [-0.2, 0) is 9.84 Å². The van der Waals surface area contributed by atoms with Crippen molar-refractivity contribution in [3.05, 3.63) is 79.6 Å². The lowest BCUT2D eigenvalue weighted by atomic mass is 10.2. The van der Waals surface area contributed by atoms with Crippen molar-refractivity contribution >= 4 is 37.3 Å². The van der Waals surface area contributed by atoms with Crippen molar-refractivity contribution in [2.45, 2.75) is 9.79 Å². The third-order valence-electron chi connectivity index (χ3n) is 4.21. The molecule has 0 aliphatic heterocycles. The summed E-state index contributed by atoms with van der Waals surface area (Å²) in [5.41, 5.74) is -2.81. The predicted molar refractivity (Wildman–Crippen MR) is 99.0 cm³/mol. The van der Waals surface area contributed by atoms with Gasteiger partial charge < -0.3 is 9.97 Å². The van der Waals surface area contributed by atoms with E-state index >= 15 is 0 Å². The van der Waals surface area contributed by atoms with E-state index in [1.165, 1.54) is 18.3 Å². The van der Waals surface area contributed by atoms with Gasteiger partial charge in [-0.25, -0.2) is 8.42 Å². The highest BCUT2D eigenvalue weighted by molar-refractivity contribution is 7.91. The van der Waals surface area contributed by atoms with Crippen molar-refractivity contribution in [1.82, 2.24) is 15.0 Å². The van der Waals surface area contributed by atoms with Crippen LogP contribution >= 0.6 is 0 Å². The van der Waals surface area contributed by atoms with Gasteiger partial charge in [-0.3, -0.25) is 24.7 Å². The summed E-state index contributed by atoms with van der Waals surface area (Å²) in [4.78, 5) is 41.2. The lowest BCUT2D eigenvalue weighted by Crippen LogP contribution is -2.29. The number of pyridine rings is 1. The summed E-state index contributed by atoms with van der Waals surface area (Å²) >= 11 is 0. The summed E-state index contributed by atoms with van der Waals surface area (Å²) in [6.45, 7) is 0. The molecule has 0 atom stereocenters. The van der Waals surface area contributed by atoms with Crippen LogP contribution in [0, 0.1) is 10.1 Å². The first-order chi connectivity index (χ1) is 13.3. The summed E-state index contributed by atoms with van der Waals surface area (Å²) in [5, 5.41) is 12.8. The van der Waals surface area contributed by atoms with Gasteiger partial charge in [0.2, 0.25) is 9.84 Å². The van der Waals surface area contributed by atoms with Gasteiger partial charge in [0.1, 0.15) is 0 Å². The molecule has 0 saturated heterocycles. The quantitative estimate of drug-likeness (QED) is 0.301. The molecule has 0 amide bonds. The third-order valence-corrected chi connectivity index (χ3v) is 5.99. The lowest BCUT2D eigenvalue weighted by Gasteiger charge is -2.08. The molecular weight excluding hydrogens is 388 g/mol. The second-order valence-electron chi connectivity index (χ2n) is 5.92. The molecule has 2 N–H and O–H groups in total. The third kappa shape index (κ3) is 2.74. The molecule has 2 aromatic carbocycles. The Bertz CT molecular complexity index is 1500. The van der Waals surface area contributed by atoms with E-state index in [-0.39, 0.29) is 15.9 Å². The highest BCUT2D eigenvalue weighted by atomic mass is 32.2. The molecule has 2 aromatic heterocycles. The Labute approximate surface area is 155 Å². The van der Waals surface area contributed by atoms with E-state index in [2.05, 4.69) is 15.0 Å². The minimum absolute atomic E-state index is 0.0428. The van der Waals surface area contributed by atoms with Crippen LogP contribution in [0.15, 0.2) is 68.2 Å². The number of nitro groups is 1. The van der Waals surface area contributed by atoms with Crippen molar-refractivity contribution in [2.75, 3.05) is 0 Å². The van der Waals surface area contributed by atoms with E-state index in [0.717, 1.165) is 12.1 Å². The average molecular weight is 398 g/mol. The SMILES string of the molecule is O=c1[nH]c2cc([N+](=O)[O-])c(S(=O)(=O)c3ccc4cnccc4c3)cc2[nH]c1=O. The van der Waals surface area contributed by atoms with Crippen LogP contribution in [-0.4, -0.2) is 28.3 Å². The zero-order chi connectivity index (χ0) is 20.1. The molecular formula is C17H10N4O6S. The van der Waals surface area contributed by atoms with Gasteiger partial charge in [-0.1, -0.05) is 6.07 Å². The number of sulfone groups is 1. The maximum atomic E-state index is 13.1. The van der Waals surface area contributed by atoms with E-state index in [9.17, 15) is 28.1 Å². The Kier molecular flexibility index (Phi) is 3.82. The summed E-state index contributed by atoms with van der Waals surface area (Å²) < 4.78 is 26.2. The maximum absolute atomic E-state index is 13.1. The molecule has 0 spiro atoms. The van der Waals surface area contributed by atoms with Crippen molar-refractivity contribution in [1.29, 1.82) is 0 Å². The zero-order valence-electron chi connectivity index (χ0n) is 13.9. The molecule has 2 heterocycles. The molecule has 10 nitrogen and oxygen atoms in total. The van der Waals surface area contributed by atoms with Gasteiger partial charge in [-0.2, -0.15) is 0 Å². The number of aromatic nitrogens is 3. The van der Waals surface area contributed by atoms with Crippen LogP contribution in [0.5, 0.6) is 0 Å². The molecule has 4 aromatic rings. The van der Waals surface area contributed by atoms with Crippen LogP contribution < -0.4 is 11.1 Å². The number of fused-ring (bicyclic) bond motifs is 2. The Balaban J connectivity index is 2.03. The van der Waals surface area contributed by atoms with Gasteiger partial charge in [0, 0.05) is 23.8 Å². The minimum atomic E-state index is -4.30. The molecule has 0 aliphatic carbocycles. The van der Waals surface area contributed by atoms with Gasteiger partial charge in [-0.15, -0.1) is 0 Å². The first kappa shape index (κ1) is 17.5. The fourth-order valence-corrected chi connectivity index (χ4v) is 4.31. The molecule has 0 fully saturated rings. The van der Waals surface area contributed by atoms with E-state index in [1.807, 2.05) is 0 Å². The Morgan fingerprint density at radius 2 is 1.61 bits per heavy atom. The highest BCUT2D eigenvalue weighted by Gasteiger charge is 2.29. The molecule has 4 rings (SSSR count). The van der Waals surface area contributed by atoms with Crippen molar-refractivity contribution < 1.29 is 13.3 Å². The Morgan fingerprint density at radius 1 is 0.929 bits per heavy atom. The van der Waals surface area contributed by atoms with Gasteiger partial charge in [0.15, 0.2) is 4.90 Å². The topological polar surface area (TPSA) is 156 Å². The normalized spacial score (nSPS) is 11.7. The lowest BCUT2D eigenvalue weighted by molar-refractivity contribution is -0.387. The van der Waals surface area contributed by atoms with E-state index < -0.39 is 36.5 Å². The highest BCUT2D eigenvalue weighted by Crippen LogP contribution is 2.32. The van der Waals surface area contributed by atoms with E-state index in [4.69, 9.17) is 0 Å². The summed E-state index contributed by atoms with van der Waals surface area (Å²) in [5.74, 6) is 0. The first-order valence-corrected chi connectivity index (χ1v) is 9.29. The van der Waals surface area contributed by atoms with Crippen LogP contribution in [0.1, 0.15) is 0 Å². The molecule has 11 heteroatoms. The van der Waals surface area contributed by atoms with Crippen molar-refractivity contribution in [3.8, 4) is 0 Å². The molecule has 0 unspecified atom stereocenters. The zero-order valence-corrected chi connectivity index (χ0v) is 14.7. The number of nitrogens with zero attached hydrogens (tertiary/aromatic N) is 2. The van der Waals surface area contributed by atoms with E-state index in [0.29, 0.717) is 10.8 Å². The van der Waals surface area contributed by atoms with Crippen molar-refractivity contribution in [2.24, 2.45) is 0 Å². The molecule has 28 heavy (non-hydrogen) atoms. The molecule has 0 bridgehead atoms. The van der Waals surface area contributed by atoms with Gasteiger partial charge in [0.25, 0.3) is 5.69 Å². The minimum Gasteiger partial charge on any atom is -0.316 e. The fourth-order valence-electron chi connectivity index (χ4n) is 2.85. The number of hydrogen-bond donors (Lipinski definition) is 2. The van der Waals surface area contributed by atoms with Gasteiger partial charge in [-0.05, 0) is 29.7 Å². The standard InChI is InChI=1S/C17H10N4O6S/c22-16-17(23)20-13-7-15(14(21(24)25)6-12(13)19-16)28(26,27)11-2-1-10-8-18-4-3-9(10)5-11/h1-8H,(H,19,22)(H,20,23). The van der Waals surface area contributed by atoms with Crippen LogP contribution in [0.2, 0.25) is 0 Å². The maximum Gasteiger partial charge on any atom is 0.314 e. The van der Waals surface area contributed by atoms with Crippen LogP contribution in [0.25, 0.3) is 21.8 Å². The number of H-pyrrole nitrogens is 2. The largest absolute Gasteiger partial charge is 0.316 e. The number of rotatable bonds is 3. The number of hydrogen-bond acceptors (Lipinski definition) is 7. The van der Waals surface area contributed by atoms with Crippen LogP contribution in [0.3, 0.4) is 0 Å². The predicted octanol–water partition coefficient (Wildman–Crippen LogP) is 1.51. The number of nitrogens with one attached hydrogen (secondary N) is 2. The second kappa shape index (κ2) is 6.09. The molecule has 0 aliphatic rings. The average Bonchev–Trinajstić information content (AvgIpc) is 2.67. The summed E-state index contributed by atoms with van der Waals surface area (Å²) in [6.07, 6.45) is 3.06. The van der Waals surface area contributed by atoms with E-state index in [1.54, 1.807) is 18.3 Å². The smallest absolute Gasteiger partial charge is 0.314 e. The second-order valence-corrected chi connectivity index (χ2v) is 7.84. The molecule has 0 radical (unpaired) electrons. The molecule has 140 valence electrons. The number of nitro benzene ring substituents is 1. The summed E-state index contributed by atoms with van der Waals surface area (Å²) in [6, 6.07) is 7.74. The van der Waals surface area contributed by atoms with Crippen molar-refractivity contribution in [3.63, 3.8) is 0 Å². The molecule has 0 saturated carbocycles. The number of benzene rings is 2. The summed E-state index contributed by atoms with van der Waals surface area (Å²) in [7, 11) is -4.30. The monoisotopic (exact) mass is 398 g/mol. The van der Waals surface area contributed by atoms with Gasteiger partial charge >= 0.3 is 11.1 Å². The number of aromatic amines is 2. The Hall–Kier alpha value is -3.86. The van der Waals surface area contributed by atoms with Gasteiger partial charge in [0.05, 0.1) is 20.9 Å². The Morgan fingerprint density at radius 3 is 2.29 bits per heavy atom. The first-order valence-electron chi connectivity index (χ1n) is 7.81. The fraction of sp³-hybridized carbons (Fsp3) is 0.